The van der Waals surface area contributed by atoms with Gasteiger partial charge in [0.15, 0.2) is 0 Å². The highest BCUT2D eigenvalue weighted by molar-refractivity contribution is 9.10. The lowest BCUT2D eigenvalue weighted by atomic mass is 10.0. The number of hydrogen-bond donors (Lipinski definition) is 2. The Bertz CT molecular complexity index is 1310. The largest absolute Gasteiger partial charge is 0.493 e. The molecule has 0 heterocycles. The Balaban J connectivity index is 1.62. The van der Waals surface area contributed by atoms with Gasteiger partial charge >= 0.3 is 15.2 Å². The van der Waals surface area contributed by atoms with Crippen molar-refractivity contribution >= 4 is 48.2 Å². The lowest BCUT2D eigenvalue weighted by molar-refractivity contribution is -0.0881. The smallest absolute Gasteiger partial charge is 0.399 e. The van der Waals surface area contributed by atoms with E-state index in [1.54, 1.807) is 42.1 Å². The Morgan fingerprint density at radius 3 is 2.13 bits per heavy atom. The summed E-state index contributed by atoms with van der Waals surface area (Å²) in [6, 6.07) is 17.7. The molecule has 2 N–H and O–H groups in total. The van der Waals surface area contributed by atoms with Crippen LogP contribution >= 0.6 is 42.9 Å². The fourth-order valence-electron chi connectivity index (χ4n) is 3.53. The molecule has 13 heteroatoms. The summed E-state index contributed by atoms with van der Waals surface area (Å²) in [6.07, 6.45) is 1.15. The maximum absolute atomic E-state index is 12.3. The van der Waals surface area contributed by atoms with Crippen LogP contribution in [-0.2, 0) is 36.3 Å². The van der Waals surface area contributed by atoms with E-state index in [-0.39, 0.29) is 11.1 Å². The first kappa shape index (κ1) is 31.0. The standard InChI is InChI=1S/C25H27BrF2O7P2S/c1-2-3-12-33-24-11-10-21(14-25(24)37(30,31)32)20-7-4-18(5-8-20)16-38-17-19-6-9-22(23(26)13-19)15-36(29,34-27)35-28/h4-11,13-14H,2-3,12,15-17H2,1H3,(H2,30,31,32). The van der Waals surface area contributed by atoms with E-state index in [9.17, 15) is 28.0 Å². The average Bonchev–Trinajstić information content (AvgIpc) is 2.90. The van der Waals surface area contributed by atoms with Crippen LogP contribution in [0, 0.1) is 0 Å². The second-order valence-electron chi connectivity index (χ2n) is 8.45. The molecule has 0 atom stereocenters. The first-order valence-corrected chi connectivity index (χ1v) is 16.8. The van der Waals surface area contributed by atoms with E-state index in [1.165, 1.54) is 6.07 Å². The number of unbranched alkanes of at least 4 members (excludes halogenated alkanes) is 1. The predicted octanol–water partition coefficient (Wildman–Crippen LogP) is 8.03. The maximum Gasteiger partial charge on any atom is 0.399 e. The fraction of sp³-hybridized carbons (Fsp3) is 0.280. The van der Waals surface area contributed by atoms with Crippen LogP contribution in [0.25, 0.3) is 11.1 Å². The molecule has 7 nitrogen and oxygen atoms in total. The van der Waals surface area contributed by atoms with Gasteiger partial charge in [-0.2, -0.15) is 11.8 Å². The third kappa shape index (κ3) is 8.73. The van der Waals surface area contributed by atoms with Crippen molar-refractivity contribution < 1.29 is 42.2 Å². The quantitative estimate of drug-likeness (QED) is 0.134. The van der Waals surface area contributed by atoms with E-state index in [1.807, 2.05) is 31.2 Å². The summed E-state index contributed by atoms with van der Waals surface area (Å²) in [6.45, 7) is 2.40. The Morgan fingerprint density at radius 2 is 1.53 bits per heavy atom. The third-order valence-corrected chi connectivity index (χ3v) is 9.48. The molecular formula is C25H27BrF2O7P2S. The first-order valence-electron chi connectivity index (χ1n) is 11.6. The lowest BCUT2D eigenvalue weighted by Gasteiger charge is -2.14. The van der Waals surface area contributed by atoms with Gasteiger partial charge in [0.2, 0.25) is 0 Å². The summed E-state index contributed by atoms with van der Waals surface area (Å²) in [5, 5.41) is -0.125. The Labute approximate surface area is 232 Å². The molecule has 0 aromatic heterocycles. The van der Waals surface area contributed by atoms with Crippen LogP contribution in [0.15, 0.2) is 65.1 Å². The molecule has 0 fully saturated rings. The minimum Gasteiger partial charge on any atom is -0.493 e. The fourth-order valence-corrected chi connectivity index (χ4v) is 6.80. The molecule has 0 spiro atoms. The van der Waals surface area contributed by atoms with Crippen molar-refractivity contribution in [3.05, 3.63) is 81.8 Å². The molecule has 3 aromatic carbocycles. The molecule has 0 saturated heterocycles. The highest BCUT2D eigenvalue weighted by atomic mass is 79.9. The van der Waals surface area contributed by atoms with Gasteiger partial charge in [-0.1, -0.05) is 71.7 Å². The van der Waals surface area contributed by atoms with Crippen LogP contribution in [0.3, 0.4) is 0 Å². The summed E-state index contributed by atoms with van der Waals surface area (Å²) in [5.41, 5.74) is 3.89. The van der Waals surface area contributed by atoms with Crippen molar-refractivity contribution in [3.63, 3.8) is 0 Å². The molecule has 0 saturated carbocycles. The molecule has 3 aromatic rings. The highest BCUT2D eigenvalue weighted by Crippen LogP contribution is 2.53. The average molecular weight is 651 g/mol. The number of ether oxygens (including phenoxy) is 1. The van der Waals surface area contributed by atoms with Crippen LogP contribution in [-0.4, -0.2) is 16.4 Å². The van der Waals surface area contributed by atoms with E-state index >= 15 is 0 Å². The second kappa shape index (κ2) is 14.2. The van der Waals surface area contributed by atoms with E-state index < -0.39 is 21.4 Å². The Morgan fingerprint density at radius 1 is 0.895 bits per heavy atom. The van der Waals surface area contributed by atoms with Crippen LogP contribution in [0.4, 0.5) is 9.05 Å². The van der Waals surface area contributed by atoms with Gasteiger partial charge in [0, 0.05) is 16.0 Å². The molecule has 0 aliphatic heterocycles. The van der Waals surface area contributed by atoms with Crippen LogP contribution in [0.5, 0.6) is 5.75 Å². The van der Waals surface area contributed by atoms with Crippen molar-refractivity contribution in [1.82, 2.24) is 0 Å². The SMILES string of the molecule is CCCCOc1ccc(-c2ccc(CSCc3ccc(CP(=O)(OF)OF)c(Br)c3)cc2)cc1P(=O)(O)O. The minimum absolute atomic E-state index is 0.125. The number of thioether (sulfide) groups is 1. The van der Waals surface area contributed by atoms with Crippen molar-refractivity contribution in [3.8, 4) is 16.9 Å². The molecule has 0 amide bonds. The van der Waals surface area contributed by atoms with Gasteiger partial charge in [-0.15, -0.1) is 9.46 Å². The molecule has 206 valence electrons. The molecule has 0 bridgehead atoms. The summed E-state index contributed by atoms with van der Waals surface area (Å²) >= 11 is 4.97. The third-order valence-electron chi connectivity index (χ3n) is 5.54. The van der Waals surface area contributed by atoms with Crippen LogP contribution < -0.4 is 10.0 Å². The van der Waals surface area contributed by atoms with Crippen molar-refractivity contribution in [1.29, 1.82) is 0 Å². The molecule has 0 aliphatic rings. The van der Waals surface area contributed by atoms with Gasteiger partial charge in [0.25, 0.3) is 0 Å². The first-order chi connectivity index (χ1) is 18.1. The molecule has 3 rings (SSSR count). The van der Waals surface area contributed by atoms with Gasteiger partial charge in [-0.3, -0.25) is 9.13 Å². The van der Waals surface area contributed by atoms with Crippen molar-refractivity contribution in [2.75, 3.05) is 6.61 Å². The van der Waals surface area contributed by atoms with E-state index in [0.717, 1.165) is 29.5 Å². The van der Waals surface area contributed by atoms with Gasteiger partial charge in [0.1, 0.15) is 11.1 Å². The number of rotatable bonds is 14. The Hall–Kier alpha value is -1.55. The van der Waals surface area contributed by atoms with Gasteiger partial charge < -0.3 is 14.5 Å². The monoisotopic (exact) mass is 650 g/mol. The number of halogens is 3. The zero-order valence-corrected chi connectivity index (χ0v) is 24.6. The van der Waals surface area contributed by atoms with E-state index in [0.29, 0.717) is 33.7 Å². The van der Waals surface area contributed by atoms with Crippen molar-refractivity contribution in [2.45, 2.75) is 37.4 Å². The number of benzene rings is 3. The molecular weight excluding hydrogens is 624 g/mol. The normalized spacial score (nSPS) is 12.1. The summed E-state index contributed by atoms with van der Waals surface area (Å²) in [5.74, 6) is 1.56. The van der Waals surface area contributed by atoms with Gasteiger partial charge in [-0.05, 0) is 61.5 Å². The maximum atomic E-state index is 12.3. The summed E-state index contributed by atoms with van der Waals surface area (Å²) in [4.78, 5) is 19.6. The van der Waals surface area contributed by atoms with E-state index in [2.05, 4.69) is 25.4 Å². The second-order valence-corrected chi connectivity index (χ2v) is 13.7. The lowest BCUT2D eigenvalue weighted by Crippen LogP contribution is -2.11. The molecule has 38 heavy (non-hydrogen) atoms. The van der Waals surface area contributed by atoms with E-state index in [4.69, 9.17) is 4.74 Å². The minimum atomic E-state index is -4.52. The Kier molecular flexibility index (Phi) is 11.6. The number of hydrogen-bond acceptors (Lipinski definition) is 6. The molecule has 0 unspecified atom stereocenters. The zero-order valence-electron chi connectivity index (χ0n) is 20.4. The van der Waals surface area contributed by atoms with Gasteiger partial charge in [-0.25, -0.2) is 0 Å². The van der Waals surface area contributed by atoms with Gasteiger partial charge in [0.05, 0.1) is 12.8 Å². The summed E-state index contributed by atoms with van der Waals surface area (Å²) in [7, 11) is -8.98. The zero-order chi connectivity index (χ0) is 27.8. The van der Waals surface area contributed by atoms with Crippen LogP contribution in [0.2, 0.25) is 0 Å². The highest BCUT2D eigenvalue weighted by Gasteiger charge is 2.29. The molecule has 0 aliphatic carbocycles. The van der Waals surface area contributed by atoms with Crippen LogP contribution in [0.1, 0.15) is 36.5 Å². The molecule has 0 radical (unpaired) electrons. The predicted molar refractivity (Wildman–Crippen MR) is 149 cm³/mol. The summed E-state index contributed by atoms with van der Waals surface area (Å²) < 4.78 is 60.8. The van der Waals surface area contributed by atoms with Crippen molar-refractivity contribution in [2.24, 2.45) is 0 Å². The topological polar surface area (TPSA) is 102 Å².